The summed E-state index contributed by atoms with van der Waals surface area (Å²) in [5.41, 5.74) is 2.19. The average Bonchev–Trinajstić information content (AvgIpc) is 2.42. The molecule has 0 fully saturated rings. The van der Waals surface area contributed by atoms with Gasteiger partial charge in [0.1, 0.15) is 6.07 Å². The van der Waals surface area contributed by atoms with Crippen LogP contribution in [-0.4, -0.2) is 10.1 Å². The predicted molar refractivity (Wildman–Crippen MR) is 70.5 cm³/mol. The van der Waals surface area contributed by atoms with Gasteiger partial charge in [-0.2, -0.15) is 5.26 Å². The van der Waals surface area contributed by atoms with Gasteiger partial charge in [0.05, 0.1) is 12.3 Å². The average molecular weight is 262 g/mol. The monoisotopic (exact) mass is 261 g/mol. The number of hydrogen-bond acceptors (Lipinski definition) is 4. The Balaban J connectivity index is 2.19. The van der Waals surface area contributed by atoms with Gasteiger partial charge in [0.15, 0.2) is 0 Å². The number of aliphatic hydroxyl groups excluding tert-OH is 1. The standard InChI is InChI=1S/C13H12ClN3O/c14-13(9-15)12(2-1-7-16-13)17-11-5-3-10(8-18)4-6-11/h1-7,16-18H,8H2. The second kappa shape index (κ2) is 5.13. The molecule has 0 spiro atoms. The molecule has 0 saturated carbocycles. The normalized spacial score (nSPS) is 21.7. The highest BCUT2D eigenvalue weighted by atomic mass is 35.5. The van der Waals surface area contributed by atoms with E-state index in [0.717, 1.165) is 11.3 Å². The largest absolute Gasteiger partial charge is 0.392 e. The highest BCUT2D eigenvalue weighted by Crippen LogP contribution is 2.26. The van der Waals surface area contributed by atoms with E-state index >= 15 is 0 Å². The predicted octanol–water partition coefficient (Wildman–Crippen LogP) is 2.05. The minimum Gasteiger partial charge on any atom is -0.392 e. The van der Waals surface area contributed by atoms with Crippen LogP contribution >= 0.6 is 11.6 Å². The maximum atomic E-state index is 9.09. The SMILES string of the molecule is N#CC1(Cl)NC=CC=C1Nc1ccc(CO)cc1. The molecular formula is C13H12ClN3O. The van der Waals surface area contributed by atoms with Crippen LogP contribution in [0.2, 0.25) is 0 Å². The first kappa shape index (κ1) is 12.5. The van der Waals surface area contributed by atoms with Gasteiger partial charge in [-0.15, -0.1) is 0 Å². The van der Waals surface area contributed by atoms with Crippen molar-refractivity contribution in [1.82, 2.24) is 5.32 Å². The van der Waals surface area contributed by atoms with Crippen molar-refractivity contribution < 1.29 is 5.11 Å². The van der Waals surface area contributed by atoms with Crippen molar-refractivity contribution in [3.63, 3.8) is 0 Å². The molecule has 3 N–H and O–H groups in total. The minimum atomic E-state index is -1.27. The number of halogens is 1. The van der Waals surface area contributed by atoms with E-state index in [1.807, 2.05) is 18.2 Å². The molecule has 0 aromatic heterocycles. The van der Waals surface area contributed by atoms with Crippen molar-refractivity contribution in [2.24, 2.45) is 0 Å². The summed E-state index contributed by atoms with van der Waals surface area (Å²) in [6.45, 7) is 0.00487. The van der Waals surface area contributed by atoms with E-state index in [2.05, 4.69) is 10.6 Å². The number of aliphatic hydroxyl groups is 1. The number of benzene rings is 1. The Morgan fingerprint density at radius 2 is 2.11 bits per heavy atom. The molecule has 18 heavy (non-hydrogen) atoms. The van der Waals surface area contributed by atoms with Crippen LogP contribution in [0.3, 0.4) is 0 Å². The topological polar surface area (TPSA) is 68.1 Å². The zero-order chi connectivity index (χ0) is 13.0. The van der Waals surface area contributed by atoms with Gasteiger partial charge >= 0.3 is 0 Å². The Morgan fingerprint density at radius 1 is 1.39 bits per heavy atom. The summed E-state index contributed by atoms with van der Waals surface area (Å²) in [5.74, 6) is 0. The molecule has 92 valence electrons. The van der Waals surface area contributed by atoms with Crippen LogP contribution in [0.4, 0.5) is 5.69 Å². The fourth-order valence-electron chi connectivity index (χ4n) is 1.57. The Bertz CT molecular complexity index is 530. The van der Waals surface area contributed by atoms with Crippen LogP contribution < -0.4 is 10.6 Å². The second-order valence-corrected chi connectivity index (χ2v) is 4.40. The number of hydrogen-bond donors (Lipinski definition) is 3. The van der Waals surface area contributed by atoms with Gasteiger partial charge in [0.25, 0.3) is 0 Å². The van der Waals surface area contributed by atoms with Crippen LogP contribution in [0.25, 0.3) is 0 Å². The van der Waals surface area contributed by atoms with Gasteiger partial charge < -0.3 is 15.7 Å². The van der Waals surface area contributed by atoms with Gasteiger partial charge in [0.2, 0.25) is 5.00 Å². The maximum Gasteiger partial charge on any atom is 0.240 e. The lowest BCUT2D eigenvalue weighted by Crippen LogP contribution is -2.41. The number of dihydropyridines is 1. The Morgan fingerprint density at radius 3 is 2.72 bits per heavy atom. The van der Waals surface area contributed by atoms with E-state index in [4.69, 9.17) is 22.0 Å². The molecule has 1 atom stereocenters. The van der Waals surface area contributed by atoms with Crippen LogP contribution in [-0.2, 0) is 6.61 Å². The molecule has 1 unspecified atom stereocenters. The van der Waals surface area contributed by atoms with Crippen molar-refractivity contribution in [1.29, 1.82) is 5.26 Å². The number of nitrogens with one attached hydrogen (secondary N) is 2. The third kappa shape index (κ3) is 2.48. The number of nitrogens with zero attached hydrogens (tertiary/aromatic N) is 1. The van der Waals surface area contributed by atoms with E-state index in [9.17, 15) is 0 Å². The summed E-state index contributed by atoms with van der Waals surface area (Å²) in [4.78, 5) is -1.27. The Hall–Kier alpha value is -1.96. The van der Waals surface area contributed by atoms with Gasteiger partial charge in [-0.25, -0.2) is 0 Å². The summed E-state index contributed by atoms with van der Waals surface area (Å²) in [6.07, 6.45) is 5.13. The minimum absolute atomic E-state index is 0.00487. The molecular weight excluding hydrogens is 250 g/mol. The summed E-state index contributed by atoms with van der Waals surface area (Å²) < 4.78 is 0. The number of alkyl halides is 1. The van der Waals surface area contributed by atoms with E-state index in [-0.39, 0.29) is 6.61 Å². The molecule has 0 saturated heterocycles. The molecule has 0 radical (unpaired) electrons. The maximum absolute atomic E-state index is 9.09. The van der Waals surface area contributed by atoms with Gasteiger partial charge in [-0.05, 0) is 36.0 Å². The fourth-order valence-corrected chi connectivity index (χ4v) is 1.74. The lowest BCUT2D eigenvalue weighted by atomic mass is 10.1. The van der Waals surface area contributed by atoms with Crippen molar-refractivity contribution in [2.75, 3.05) is 5.32 Å². The molecule has 1 aromatic carbocycles. The third-order valence-electron chi connectivity index (χ3n) is 2.58. The van der Waals surface area contributed by atoms with Crippen LogP contribution in [0.1, 0.15) is 5.56 Å². The lowest BCUT2D eigenvalue weighted by molar-refractivity contribution is 0.282. The van der Waals surface area contributed by atoms with Gasteiger partial charge in [-0.1, -0.05) is 23.7 Å². The Kier molecular flexibility index (Phi) is 3.56. The van der Waals surface area contributed by atoms with Crippen molar-refractivity contribution >= 4 is 17.3 Å². The number of rotatable bonds is 3. The second-order valence-electron chi connectivity index (χ2n) is 3.83. The number of nitriles is 1. The van der Waals surface area contributed by atoms with Crippen molar-refractivity contribution in [2.45, 2.75) is 11.6 Å². The summed E-state index contributed by atoms with van der Waals surface area (Å²) >= 11 is 6.14. The molecule has 4 nitrogen and oxygen atoms in total. The summed E-state index contributed by atoms with van der Waals surface area (Å²) in [5, 5.41) is 23.9. The molecule has 0 aliphatic carbocycles. The molecule has 1 heterocycles. The molecule has 1 aliphatic heterocycles. The highest BCUT2D eigenvalue weighted by molar-refractivity contribution is 6.28. The highest BCUT2D eigenvalue weighted by Gasteiger charge is 2.32. The molecule has 1 aliphatic rings. The van der Waals surface area contributed by atoms with Gasteiger partial charge in [-0.3, -0.25) is 0 Å². The molecule has 0 bridgehead atoms. The lowest BCUT2D eigenvalue weighted by Gasteiger charge is -2.26. The Labute approximate surface area is 110 Å². The first-order valence-corrected chi connectivity index (χ1v) is 5.78. The number of allylic oxidation sites excluding steroid dienone is 2. The first-order valence-electron chi connectivity index (χ1n) is 5.40. The fraction of sp³-hybridized carbons (Fsp3) is 0.154. The molecule has 1 aromatic rings. The van der Waals surface area contributed by atoms with Crippen molar-refractivity contribution in [3.05, 3.63) is 53.9 Å². The van der Waals surface area contributed by atoms with Gasteiger partial charge in [0, 0.05) is 5.69 Å². The van der Waals surface area contributed by atoms with E-state index in [1.54, 1.807) is 30.5 Å². The summed E-state index contributed by atoms with van der Waals surface area (Å²) in [7, 11) is 0. The van der Waals surface area contributed by atoms with Crippen LogP contribution in [0.15, 0.2) is 48.3 Å². The quantitative estimate of drug-likeness (QED) is 0.575. The van der Waals surface area contributed by atoms with E-state index < -0.39 is 5.00 Å². The third-order valence-corrected chi connectivity index (χ3v) is 2.98. The summed E-state index contributed by atoms with van der Waals surface area (Å²) in [6, 6.07) is 9.25. The first-order chi connectivity index (χ1) is 8.68. The van der Waals surface area contributed by atoms with E-state index in [0.29, 0.717) is 5.70 Å². The van der Waals surface area contributed by atoms with E-state index in [1.165, 1.54) is 0 Å². The zero-order valence-corrected chi connectivity index (χ0v) is 10.3. The molecule has 5 heteroatoms. The van der Waals surface area contributed by atoms with Crippen LogP contribution in [0.5, 0.6) is 0 Å². The zero-order valence-electron chi connectivity index (χ0n) is 9.52. The number of anilines is 1. The smallest absolute Gasteiger partial charge is 0.240 e. The molecule has 2 rings (SSSR count). The van der Waals surface area contributed by atoms with Crippen LogP contribution in [0, 0.1) is 11.3 Å². The van der Waals surface area contributed by atoms with Crippen molar-refractivity contribution in [3.8, 4) is 6.07 Å². The molecule has 0 amide bonds.